The van der Waals surface area contributed by atoms with Gasteiger partial charge < -0.3 is 0 Å². The minimum atomic E-state index is -1.73. The Balaban J connectivity index is 5.65. The van der Waals surface area contributed by atoms with E-state index in [0.29, 0.717) is 0 Å². The molecule has 1 atom stereocenters. The maximum absolute atomic E-state index is 5.20. The largest absolute Gasteiger partial charge is 0.270 e. The SMILES string of the molecule is CCP(N=P(N(C)C)(N(C)C)N(C)C)N(C)C. The van der Waals surface area contributed by atoms with Crippen molar-refractivity contribution in [3.63, 3.8) is 0 Å². The molecule has 0 aliphatic heterocycles. The fourth-order valence-electron chi connectivity index (χ4n) is 1.88. The molecular formula is C10H29N5P2. The summed E-state index contributed by atoms with van der Waals surface area (Å²) in [5, 5.41) is 0. The quantitative estimate of drug-likeness (QED) is 0.699. The van der Waals surface area contributed by atoms with Crippen LogP contribution >= 0.6 is 15.7 Å². The summed E-state index contributed by atoms with van der Waals surface area (Å²) in [5.74, 6) is 0. The van der Waals surface area contributed by atoms with Gasteiger partial charge in [0.25, 0.3) is 0 Å². The van der Waals surface area contributed by atoms with Crippen LogP contribution in [0.4, 0.5) is 0 Å². The van der Waals surface area contributed by atoms with E-state index in [4.69, 9.17) is 4.52 Å². The second-order valence-electron chi connectivity index (χ2n) is 4.70. The third-order valence-corrected chi connectivity index (χ3v) is 9.07. The van der Waals surface area contributed by atoms with Crippen molar-refractivity contribution in [2.24, 2.45) is 4.52 Å². The van der Waals surface area contributed by atoms with Gasteiger partial charge >= 0.3 is 0 Å². The molecule has 0 aromatic heterocycles. The van der Waals surface area contributed by atoms with Gasteiger partial charge in [0, 0.05) is 0 Å². The summed E-state index contributed by atoms with van der Waals surface area (Å²) in [6.45, 7) is 2.21. The molecule has 17 heavy (non-hydrogen) atoms. The van der Waals surface area contributed by atoms with Gasteiger partial charge in [-0.2, -0.15) is 0 Å². The molecule has 0 aliphatic carbocycles. The Hall–Kier alpha value is 0.500. The predicted octanol–water partition coefficient (Wildman–Crippen LogP) is 2.51. The van der Waals surface area contributed by atoms with Crippen LogP contribution in [-0.2, 0) is 0 Å². The van der Waals surface area contributed by atoms with E-state index in [1.807, 2.05) is 0 Å². The summed E-state index contributed by atoms with van der Waals surface area (Å²) in [4.78, 5) is 0. The first-order chi connectivity index (χ1) is 7.70. The molecule has 0 aromatic carbocycles. The zero-order valence-corrected chi connectivity index (χ0v) is 14.6. The zero-order valence-electron chi connectivity index (χ0n) is 12.8. The molecule has 0 fully saturated rings. The van der Waals surface area contributed by atoms with E-state index in [-0.39, 0.29) is 0 Å². The Morgan fingerprint density at radius 1 is 0.824 bits per heavy atom. The van der Waals surface area contributed by atoms with Crippen LogP contribution < -0.4 is 0 Å². The van der Waals surface area contributed by atoms with Gasteiger partial charge in [-0.1, -0.05) is 6.92 Å². The van der Waals surface area contributed by atoms with Gasteiger partial charge in [0.2, 0.25) is 0 Å². The molecule has 0 N–H and O–H groups in total. The molecular weight excluding hydrogens is 252 g/mol. The monoisotopic (exact) mass is 281 g/mol. The molecule has 0 aromatic rings. The highest BCUT2D eigenvalue weighted by molar-refractivity contribution is 7.68. The average molecular weight is 281 g/mol. The number of rotatable bonds is 6. The number of nitrogens with zero attached hydrogens (tertiary/aromatic N) is 5. The lowest BCUT2D eigenvalue weighted by atomic mass is 11.0. The maximum atomic E-state index is 5.20. The Labute approximate surface area is 109 Å². The van der Waals surface area contributed by atoms with Crippen molar-refractivity contribution < 1.29 is 0 Å². The van der Waals surface area contributed by atoms with Gasteiger partial charge in [-0.3, -0.25) is 18.7 Å². The standard InChI is InChI=1S/C10H29N5P2/c1-10-16(12(2)3)11-17(13(4)5,14(6)7)15(8)9/h10H2,1-9H3. The molecule has 0 heterocycles. The smallest absolute Gasteiger partial charge is 0.171 e. The fraction of sp³-hybridized carbons (Fsp3) is 1.00. The second-order valence-corrected chi connectivity index (χ2v) is 11.1. The third kappa shape index (κ3) is 3.99. The van der Waals surface area contributed by atoms with Crippen LogP contribution in [0.25, 0.3) is 0 Å². The highest BCUT2D eigenvalue weighted by Gasteiger charge is 2.30. The molecule has 0 rings (SSSR count). The fourth-order valence-corrected chi connectivity index (χ4v) is 8.76. The van der Waals surface area contributed by atoms with E-state index in [9.17, 15) is 0 Å². The summed E-state index contributed by atoms with van der Waals surface area (Å²) in [7, 11) is 14.8. The Morgan fingerprint density at radius 3 is 1.35 bits per heavy atom. The van der Waals surface area contributed by atoms with E-state index in [2.05, 4.69) is 82.0 Å². The van der Waals surface area contributed by atoms with Gasteiger partial charge in [-0.05, 0) is 62.5 Å². The summed E-state index contributed by atoms with van der Waals surface area (Å²) < 4.78 is 14.3. The van der Waals surface area contributed by atoms with Crippen molar-refractivity contribution in [1.82, 2.24) is 18.7 Å². The lowest BCUT2D eigenvalue weighted by Crippen LogP contribution is -2.30. The zero-order chi connectivity index (χ0) is 13.8. The van der Waals surface area contributed by atoms with E-state index < -0.39 is 15.7 Å². The number of hydrogen-bond acceptors (Lipinski definition) is 2. The van der Waals surface area contributed by atoms with Crippen molar-refractivity contribution in [2.75, 3.05) is 62.5 Å². The minimum absolute atomic E-state index is 0.420. The van der Waals surface area contributed by atoms with E-state index in [0.717, 1.165) is 6.16 Å². The van der Waals surface area contributed by atoms with Gasteiger partial charge in [-0.15, -0.1) is 0 Å². The molecule has 104 valence electrons. The average Bonchev–Trinajstić information content (AvgIpc) is 2.16. The molecule has 0 radical (unpaired) electrons. The minimum Gasteiger partial charge on any atom is -0.270 e. The van der Waals surface area contributed by atoms with Crippen molar-refractivity contribution >= 4 is 15.7 Å². The van der Waals surface area contributed by atoms with Crippen LogP contribution in [0.3, 0.4) is 0 Å². The lowest BCUT2D eigenvalue weighted by molar-refractivity contribution is 0.475. The van der Waals surface area contributed by atoms with Crippen LogP contribution in [0.1, 0.15) is 6.92 Å². The molecule has 0 bridgehead atoms. The first-order valence-electron chi connectivity index (χ1n) is 5.80. The molecule has 0 amide bonds. The first kappa shape index (κ1) is 17.5. The van der Waals surface area contributed by atoms with E-state index in [1.165, 1.54) is 0 Å². The van der Waals surface area contributed by atoms with Crippen LogP contribution in [0.2, 0.25) is 0 Å². The number of hydrogen-bond donors (Lipinski definition) is 0. The van der Waals surface area contributed by atoms with Gasteiger partial charge in [0.1, 0.15) is 0 Å². The van der Waals surface area contributed by atoms with Crippen molar-refractivity contribution in [3.05, 3.63) is 0 Å². The summed E-state index contributed by atoms with van der Waals surface area (Å²) in [6, 6.07) is 0. The molecule has 0 saturated heterocycles. The Kier molecular flexibility index (Phi) is 7.39. The lowest BCUT2D eigenvalue weighted by Gasteiger charge is -2.42. The van der Waals surface area contributed by atoms with Crippen molar-refractivity contribution in [3.8, 4) is 0 Å². The Morgan fingerprint density at radius 2 is 1.18 bits per heavy atom. The molecule has 0 saturated carbocycles. The van der Waals surface area contributed by atoms with Crippen LogP contribution in [0.5, 0.6) is 0 Å². The highest BCUT2D eigenvalue weighted by atomic mass is 31.2. The molecule has 5 nitrogen and oxygen atoms in total. The molecule has 1 unspecified atom stereocenters. The van der Waals surface area contributed by atoms with Gasteiger partial charge in [0.05, 0.1) is 8.22 Å². The van der Waals surface area contributed by atoms with Crippen LogP contribution in [0.15, 0.2) is 4.52 Å². The van der Waals surface area contributed by atoms with Crippen LogP contribution in [-0.4, -0.2) is 81.2 Å². The summed E-state index contributed by atoms with van der Waals surface area (Å²) in [6.07, 6.45) is 1.10. The van der Waals surface area contributed by atoms with Gasteiger partial charge in [0.15, 0.2) is 7.51 Å². The normalized spacial score (nSPS) is 15.1. The third-order valence-electron chi connectivity index (χ3n) is 2.58. The highest BCUT2D eigenvalue weighted by Crippen LogP contribution is 2.61. The topological polar surface area (TPSA) is 25.3 Å². The maximum Gasteiger partial charge on any atom is 0.171 e. The first-order valence-corrected chi connectivity index (χ1v) is 8.83. The molecule has 0 aliphatic rings. The van der Waals surface area contributed by atoms with Gasteiger partial charge in [-0.25, -0.2) is 4.52 Å². The molecule has 7 heteroatoms. The predicted molar refractivity (Wildman–Crippen MR) is 81.6 cm³/mol. The van der Waals surface area contributed by atoms with Crippen molar-refractivity contribution in [1.29, 1.82) is 0 Å². The van der Waals surface area contributed by atoms with E-state index >= 15 is 0 Å². The van der Waals surface area contributed by atoms with E-state index in [1.54, 1.807) is 0 Å². The Bertz CT molecular complexity index is 247. The molecule has 0 spiro atoms. The summed E-state index contributed by atoms with van der Waals surface area (Å²) in [5.41, 5.74) is 0. The van der Waals surface area contributed by atoms with Crippen molar-refractivity contribution in [2.45, 2.75) is 6.92 Å². The summed E-state index contributed by atoms with van der Waals surface area (Å²) >= 11 is 0. The second kappa shape index (κ2) is 7.18. The van der Waals surface area contributed by atoms with Crippen LogP contribution in [0, 0.1) is 0 Å².